The van der Waals surface area contributed by atoms with Crippen LogP contribution in [0.5, 0.6) is 0 Å². The number of anilines is 1. The minimum absolute atomic E-state index is 0.151. The summed E-state index contributed by atoms with van der Waals surface area (Å²) < 4.78 is 32.2. The van der Waals surface area contributed by atoms with Gasteiger partial charge in [-0.3, -0.25) is 0 Å². The molecule has 2 fully saturated rings. The van der Waals surface area contributed by atoms with Gasteiger partial charge in [-0.05, 0) is 38.8 Å². The van der Waals surface area contributed by atoms with Gasteiger partial charge in [-0.15, -0.1) is 0 Å². The number of morpholine rings is 1. The average molecular weight is 325 g/mol. The summed E-state index contributed by atoms with van der Waals surface area (Å²) in [6.45, 7) is 6.85. The Morgan fingerprint density at radius 1 is 1.14 bits per heavy atom. The van der Waals surface area contributed by atoms with Crippen LogP contribution in [-0.4, -0.2) is 56.1 Å². The van der Waals surface area contributed by atoms with Crippen LogP contribution in [0.25, 0.3) is 0 Å². The van der Waals surface area contributed by atoms with Gasteiger partial charge in [0, 0.05) is 32.4 Å². The molecule has 0 amide bonds. The lowest BCUT2D eigenvalue weighted by Crippen LogP contribution is -2.45. The molecule has 0 radical (unpaired) electrons. The minimum Gasteiger partial charge on any atom is -0.372 e. The minimum atomic E-state index is -3.38. The monoisotopic (exact) mass is 325 g/mol. The summed E-state index contributed by atoms with van der Waals surface area (Å²) in [4.78, 5) is 6.80. The number of rotatable bonds is 3. The van der Waals surface area contributed by atoms with Crippen LogP contribution < -0.4 is 4.90 Å². The first kappa shape index (κ1) is 15.7. The third-order valence-corrected chi connectivity index (χ3v) is 6.05. The lowest BCUT2D eigenvalue weighted by molar-refractivity contribution is -0.00546. The maximum Gasteiger partial charge on any atom is 0.244 e. The predicted octanol–water partition coefficient (Wildman–Crippen LogP) is 1.48. The molecule has 0 saturated carbocycles. The van der Waals surface area contributed by atoms with Crippen LogP contribution in [0, 0.1) is 0 Å². The van der Waals surface area contributed by atoms with Gasteiger partial charge >= 0.3 is 0 Å². The maximum absolute atomic E-state index is 12.5. The highest BCUT2D eigenvalue weighted by molar-refractivity contribution is 7.89. The number of hydrogen-bond acceptors (Lipinski definition) is 5. The molecular formula is C15H23N3O3S. The van der Waals surface area contributed by atoms with E-state index < -0.39 is 10.0 Å². The van der Waals surface area contributed by atoms with E-state index in [9.17, 15) is 8.42 Å². The number of hydrogen-bond donors (Lipinski definition) is 0. The van der Waals surface area contributed by atoms with E-state index in [2.05, 4.69) is 9.88 Å². The van der Waals surface area contributed by atoms with Gasteiger partial charge in [0.2, 0.25) is 10.0 Å². The molecule has 2 saturated heterocycles. The van der Waals surface area contributed by atoms with Crippen LogP contribution in [0.2, 0.25) is 0 Å². The van der Waals surface area contributed by atoms with Gasteiger partial charge < -0.3 is 9.64 Å². The van der Waals surface area contributed by atoms with Crippen molar-refractivity contribution in [2.45, 2.75) is 43.8 Å². The molecule has 2 atom stereocenters. The molecule has 0 bridgehead atoms. The molecule has 3 heterocycles. The van der Waals surface area contributed by atoms with Gasteiger partial charge in [-0.25, -0.2) is 13.4 Å². The summed E-state index contributed by atoms with van der Waals surface area (Å²) >= 11 is 0. The van der Waals surface area contributed by atoms with Crippen molar-refractivity contribution < 1.29 is 13.2 Å². The first-order valence-corrected chi connectivity index (χ1v) is 9.27. The number of pyridine rings is 1. The van der Waals surface area contributed by atoms with Gasteiger partial charge in [0.25, 0.3) is 0 Å². The smallest absolute Gasteiger partial charge is 0.244 e. The Kier molecular flexibility index (Phi) is 4.38. The fraction of sp³-hybridized carbons (Fsp3) is 0.667. The van der Waals surface area contributed by atoms with Crippen LogP contribution in [0.3, 0.4) is 0 Å². The molecule has 0 aromatic carbocycles. The molecule has 22 heavy (non-hydrogen) atoms. The molecule has 122 valence electrons. The lowest BCUT2D eigenvalue weighted by Gasteiger charge is -2.36. The van der Waals surface area contributed by atoms with E-state index in [0.717, 1.165) is 31.7 Å². The molecule has 0 unspecified atom stereocenters. The maximum atomic E-state index is 12.5. The Morgan fingerprint density at radius 2 is 1.77 bits per heavy atom. The molecule has 0 spiro atoms. The molecule has 2 aliphatic heterocycles. The van der Waals surface area contributed by atoms with Crippen LogP contribution in [0.15, 0.2) is 23.2 Å². The van der Waals surface area contributed by atoms with E-state index in [0.29, 0.717) is 13.1 Å². The number of ether oxygens (including phenoxy) is 1. The largest absolute Gasteiger partial charge is 0.372 e. The highest BCUT2D eigenvalue weighted by Crippen LogP contribution is 2.23. The Balaban J connectivity index is 1.78. The van der Waals surface area contributed by atoms with E-state index in [1.807, 2.05) is 13.8 Å². The first-order chi connectivity index (χ1) is 10.5. The van der Waals surface area contributed by atoms with Crippen molar-refractivity contribution in [3.63, 3.8) is 0 Å². The lowest BCUT2D eigenvalue weighted by atomic mass is 10.2. The second-order valence-corrected chi connectivity index (χ2v) is 8.06. The molecular weight excluding hydrogens is 302 g/mol. The van der Waals surface area contributed by atoms with E-state index in [1.165, 1.54) is 6.20 Å². The Bertz CT molecular complexity index is 601. The van der Waals surface area contributed by atoms with E-state index in [1.54, 1.807) is 16.4 Å². The summed E-state index contributed by atoms with van der Waals surface area (Å²) in [5.41, 5.74) is 0. The molecule has 0 N–H and O–H groups in total. The highest BCUT2D eigenvalue weighted by Gasteiger charge is 2.28. The topological polar surface area (TPSA) is 62.7 Å². The fourth-order valence-electron chi connectivity index (χ4n) is 3.15. The molecule has 1 aromatic heterocycles. The Labute approximate surface area is 132 Å². The Morgan fingerprint density at radius 3 is 2.32 bits per heavy atom. The van der Waals surface area contributed by atoms with Gasteiger partial charge in [-0.2, -0.15) is 4.31 Å². The van der Waals surface area contributed by atoms with Crippen molar-refractivity contribution in [2.75, 3.05) is 31.1 Å². The van der Waals surface area contributed by atoms with Gasteiger partial charge in [-0.1, -0.05) is 0 Å². The Hall–Kier alpha value is -1.18. The molecule has 7 heteroatoms. The zero-order valence-corrected chi connectivity index (χ0v) is 13.9. The molecule has 0 aliphatic carbocycles. The summed E-state index contributed by atoms with van der Waals surface area (Å²) in [5.74, 6) is 0.808. The second-order valence-electron chi connectivity index (χ2n) is 6.13. The molecule has 1 aromatic rings. The average Bonchev–Trinajstić information content (AvgIpc) is 3.01. The van der Waals surface area contributed by atoms with Crippen LogP contribution in [0.4, 0.5) is 5.82 Å². The van der Waals surface area contributed by atoms with Crippen molar-refractivity contribution in [1.82, 2.24) is 9.29 Å². The third kappa shape index (κ3) is 3.11. The standard InChI is InChI=1S/C15H23N3O3S/c1-12-10-17(11-13(2)21-12)15-6-5-14(9-16-15)22(19,20)18-7-3-4-8-18/h5-6,9,12-13H,3-4,7-8,10-11H2,1-2H3/t12-,13+. The summed E-state index contributed by atoms with van der Waals surface area (Å²) in [5, 5.41) is 0. The fourth-order valence-corrected chi connectivity index (χ4v) is 4.62. The van der Waals surface area contributed by atoms with Crippen molar-refractivity contribution in [3.8, 4) is 0 Å². The van der Waals surface area contributed by atoms with Crippen molar-refractivity contribution >= 4 is 15.8 Å². The van der Waals surface area contributed by atoms with Gasteiger partial charge in [0.05, 0.1) is 12.2 Å². The number of nitrogens with zero attached hydrogens (tertiary/aromatic N) is 3. The van der Waals surface area contributed by atoms with Crippen molar-refractivity contribution in [2.24, 2.45) is 0 Å². The van der Waals surface area contributed by atoms with E-state index >= 15 is 0 Å². The molecule has 2 aliphatic rings. The number of aromatic nitrogens is 1. The van der Waals surface area contributed by atoms with Crippen molar-refractivity contribution in [1.29, 1.82) is 0 Å². The predicted molar refractivity (Wildman–Crippen MR) is 84.5 cm³/mol. The number of sulfonamides is 1. The summed E-state index contributed by atoms with van der Waals surface area (Å²) in [6, 6.07) is 3.47. The molecule has 6 nitrogen and oxygen atoms in total. The summed E-state index contributed by atoms with van der Waals surface area (Å²) in [6.07, 6.45) is 3.66. The van der Waals surface area contributed by atoms with Gasteiger partial charge in [0.1, 0.15) is 10.7 Å². The second kappa shape index (κ2) is 6.14. The normalized spacial score (nSPS) is 27.3. The van der Waals surface area contributed by atoms with E-state index in [-0.39, 0.29) is 17.1 Å². The zero-order valence-electron chi connectivity index (χ0n) is 13.1. The van der Waals surface area contributed by atoms with Crippen molar-refractivity contribution in [3.05, 3.63) is 18.3 Å². The highest BCUT2D eigenvalue weighted by atomic mass is 32.2. The van der Waals surface area contributed by atoms with Gasteiger partial charge in [0.15, 0.2) is 0 Å². The van der Waals surface area contributed by atoms with Crippen LogP contribution in [-0.2, 0) is 14.8 Å². The first-order valence-electron chi connectivity index (χ1n) is 7.83. The third-order valence-electron chi connectivity index (χ3n) is 4.17. The SMILES string of the molecule is C[C@@H]1CN(c2ccc(S(=O)(=O)N3CCCC3)cn2)C[C@H](C)O1. The van der Waals surface area contributed by atoms with E-state index in [4.69, 9.17) is 4.74 Å². The molecule has 3 rings (SSSR count). The zero-order chi connectivity index (χ0) is 15.7. The quantitative estimate of drug-likeness (QED) is 0.842. The summed E-state index contributed by atoms with van der Waals surface area (Å²) in [7, 11) is -3.38. The van der Waals surface area contributed by atoms with Crippen LogP contribution >= 0.6 is 0 Å². The van der Waals surface area contributed by atoms with Crippen LogP contribution in [0.1, 0.15) is 26.7 Å².